The summed E-state index contributed by atoms with van der Waals surface area (Å²) in [5.41, 5.74) is 2.11. The van der Waals surface area contributed by atoms with Gasteiger partial charge in [0, 0.05) is 31.1 Å². The van der Waals surface area contributed by atoms with E-state index in [9.17, 15) is 19.3 Å². The summed E-state index contributed by atoms with van der Waals surface area (Å²) in [6.07, 6.45) is 4.61. The molecule has 7 nitrogen and oxygen atoms in total. The maximum absolute atomic E-state index is 13.6. The lowest BCUT2D eigenvalue weighted by molar-refractivity contribution is -0.384. The molecule has 1 aliphatic carbocycles. The maximum atomic E-state index is 13.6. The number of fused-ring (bicyclic) bond motifs is 1. The summed E-state index contributed by atoms with van der Waals surface area (Å²) in [4.78, 5) is 27.7. The zero-order valence-corrected chi connectivity index (χ0v) is 15.1. The molecule has 1 heterocycles. The molecular weight excluding hydrogens is 363 g/mol. The molecule has 28 heavy (non-hydrogen) atoms. The molecule has 1 unspecified atom stereocenters. The Morgan fingerprint density at radius 3 is 2.86 bits per heavy atom. The predicted molar refractivity (Wildman–Crippen MR) is 101 cm³/mol. The van der Waals surface area contributed by atoms with Crippen molar-refractivity contribution in [2.24, 2.45) is 7.05 Å². The van der Waals surface area contributed by atoms with Gasteiger partial charge in [-0.2, -0.15) is 0 Å². The number of anilines is 1. The van der Waals surface area contributed by atoms with E-state index < -0.39 is 10.7 Å². The molecule has 1 aliphatic rings. The molecule has 0 spiro atoms. The second-order valence-electron chi connectivity index (χ2n) is 6.76. The highest BCUT2D eigenvalue weighted by Crippen LogP contribution is 2.37. The van der Waals surface area contributed by atoms with Crippen LogP contribution in [0.5, 0.6) is 0 Å². The van der Waals surface area contributed by atoms with Gasteiger partial charge >= 0.3 is 0 Å². The monoisotopic (exact) mass is 380 g/mol. The maximum Gasteiger partial charge on any atom is 0.293 e. The van der Waals surface area contributed by atoms with E-state index >= 15 is 0 Å². The van der Waals surface area contributed by atoms with Crippen molar-refractivity contribution in [1.82, 2.24) is 9.55 Å². The second kappa shape index (κ2) is 6.88. The van der Waals surface area contributed by atoms with Gasteiger partial charge in [-0.05, 0) is 48.2 Å². The van der Waals surface area contributed by atoms with Gasteiger partial charge in [-0.15, -0.1) is 0 Å². The first-order valence-electron chi connectivity index (χ1n) is 8.79. The summed E-state index contributed by atoms with van der Waals surface area (Å²) in [7, 11) is 1.68. The molecule has 0 aliphatic heterocycles. The summed E-state index contributed by atoms with van der Waals surface area (Å²) in [6, 6.07) is 8.71. The van der Waals surface area contributed by atoms with Gasteiger partial charge < -0.3 is 9.88 Å². The van der Waals surface area contributed by atoms with Crippen LogP contribution in [0.25, 0.3) is 0 Å². The third-order valence-corrected chi connectivity index (χ3v) is 5.00. The molecule has 3 aromatic rings. The highest BCUT2D eigenvalue weighted by molar-refractivity contribution is 6.07. The summed E-state index contributed by atoms with van der Waals surface area (Å²) >= 11 is 0. The number of nitrogens with zero attached hydrogens (tertiary/aromatic N) is 3. The summed E-state index contributed by atoms with van der Waals surface area (Å²) in [5, 5.41) is 14.7. The number of benzene rings is 2. The summed E-state index contributed by atoms with van der Waals surface area (Å²) < 4.78 is 15.2. The molecule has 0 amide bonds. The highest BCUT2D eigenvalue weighted by atomic mass is 19.1. The Morgan fingerprint density at radius 1 is 1.32 bits per heavy atom. The first-order valence-corrected chi connectivity index (χ1v) is 8.79. The minimum Gasteiger partial charge on any atom is -0.373 e. The fourth-order valence-corrected chi connectivity index (χ4v) is 3.57. The number of hydrogen-bond donors (Lipinski definition) is 1. The van der Waals surface area contributed by atoms with Crippen LogP contribution in [0.15, 0.2) is 48.8 Å². The van der Waals surface area contributed by atoms with Crippen molar-refractivity contribution in [3.63, 3.8) is 0 Å². The molecule has 142 valence electrons. The molecule has 1 aromatic heterocycles. The zero-order chi connectivity index (χ0) is 19.8. The fourth-order valence-electron chi connectivity index (χ4n) is 3.57. The van der Waals surface area contributed by atoms with Crippen LogP contribution in [-0.2, 0) is 13.5 Å². The minimum atomic E-state index is -0.529. The van der Waals surface area contributed by atoms with Crippen molar-refractivity contribution in [1.29, 1.82) is 0 Å². The van der Waals surface area contributed by atoms with Crippen molar-refractivity contribution >= 4 is 17.2 Å². The molecule has 0 saturated carbocycles. The molecule has 4 rings (SSSR count). The first kappa shape index (κ1) is 17.8. The first-order chi connectivity index (χ1) is 13.4. The molecule has 2 aromatic carbocycles. The van der Waals surface area contributed by atoms with Gasteiger partial charge in [0.15, 0.2) is 5.82 Å². The van der Waals surface area contributed by atoms with Crippen molar-refractivity contribution in [3.8, 4) is 0 Å². The molecule has 0 bridgehead atoms. The SMILES string of the molecule is Cn1ccnc1C(=O)c1ccc(NC2CCc3ccc(F)cc32)c([N+](=O)[O-])c1. The Balaban J connectivity index is 1.66. The quantitative estimate of drug-likeness (QED) is 0.413. The number of halogens is 1. The summed E-state index contributed by atoms with van der Waals surface area (Å²) in [6.45, 7) is 0. The van der Waals surface area contributed by atoms with E-state index in [4.69, 9.17) is 0 Å². The number of imidazole rings is 1. The predicted octanol–water partition coefficient (Wildman–Crippen LogP) is 3.80. The number of rotatable bonds is 5. The third-order valence-electron chi connectivity index (χ3n) is 5.00. The normalized spacial score (nSPS) is 15.3. The van der Waals surface area contributed by atoms with Crippen LogP contribution in [0.3, 0.4) is 0 Å². The van der Waals surface area contributed by atoms with Gasteiger partial charge in [0.05, 0.1) is 11.0 Å². The van der Waals surface area contributed by atoms with E-state index in [1.54, 1.807) is 23.9 Å². The topological polar surface area (TPSA) is 90.1 Å². The average molecular weight is 380 g/mol. The number of ketones is 1. The Labute approximate surface area is 160 Å². The van der Waals surface area contributed by atoms with Crippen molar-refractivity contribution in [3.05, 3.63) is 87.2 Å². The van der Waals surface area contributed by atoms with E-state index in [0.29, 0.717) is 12.1 Å². The van der Waals surface area contributed by atoms with E-state index in [0.717, 1.165) is 17.5 Å². The third kappa shape index (κ3) is 3.13. The number of nitro benzene ring substituents is 1. The van der Waals surface area contributed by atoms with E-state index in [-0.39, 0.29) is 28.9 Å². The molecule has 0 radical (unpaired) electrons. The molecule has 1 N–H and O–H groups in total. The van der Waals surface area contributed by atoms with Crippen molar-refractivity contribution in [2.75, 3.05) is 5.32 Å². The number of nitrogens with one attached hydrogen (secondary N) is 1. The van der Waals surface area contributed by atoms with Crippen LogP contribution >= 0.6 is 0 Å². The molecule has 1 atom stereocenters. The van der Waals surface area contributed by atoms with E-state index in [2.05, 4.69) is 10.3 Å². The van der Waals surface area contributed by atoms with Crippen LogP contribution < -0.4 is 5.32 Å². The number of nitro groups is 1. The zero-order valence-electron chi connectivity index (χ0n) is 15.1. The van der Waals surface area contributed by atoms with Gasteiger partial charge in [-0.3, -0.25) is 14.9 Å². The Kier molecular flexibility index (Phi) is 4.38. The minimum absolute atomic E-state index is 0.185. The molecule has 0 fully saturated rings. The van der Waals surface area contributed by atoms with E-state index in [1.807, 2.05) is 0 Å². The lowest BCUT2D eigenvalue weighted by atomic mass is 10.1. The number of hydrogen-bond acceptors (Lipinski definition) is 5. The Hall–Kier alpha value is -3.55. The number of aromatic nitrogens is 2. The van der Waals surface area contributed by atoms with Crippen LogP contribution in [-0.4, -0.2) is 20.3 Å². The lowest BCUT2D eigenvalue weighted by Crippen LogP contribution is -2.12. The van der Waals surface area contributed by atoms with Gasteiger partial charge in [0.1, 0.15) is 11.5 Å². The van der Waals surface area contributed by atoms with Crippen LogP contribution in [0, 0.1) is 15.9 Å². The van der Waals surface area contributed by atoms with Crippen molar-refractivity contribution in [2.45, 2.75) is 18.9 Å². The van der Waals surface area contributed by atoms with Gasteiger partial charge in [0.25, 0.3) is 5.69 Å². The number of carbonyl (C=O) groups is 1. The smallest absolute Gasteiger partial charge is 0.293 e. The van der Waals surface area contributed by atoms with E-state index in [1.165, 1.54) is 36.5 Å². The number of aryl methyl sites for hydroxylation is 2. The Bertz CT molecular complexity index is 1090. The Morgan fingerprint density at radius 2 is 2.14 bits per heavy atom. The van der Waals surface area contributed by atoms with Crippen LogP contribution in [0.4, 0.5) is 15.8 Å². The largest absolute Gasteiger partial charge is 0.373 e. The molecule has 8 heteroatoms. The van der Waals surface area contributed by atoms with Crippen molar-refractivity contribution < 1.29 is 14.1 Å². The highest BCUT2D eigenvalue weighted by Gasteiger charge is 2.26. The van der Waals surface area contributed by atoms with Gasteiger partial charge in [-0.1, -0.05) is 6.07 Å². The van der Waals surface area contributed by atoms with Crippen LogP contribution in [0.1, 0.15) is 39.8 Å². The molecule has 0 saturated heterocycles. The van der Waals surface area contributed by atoms with Gasteiger partial charge in [-0.25, -0.2) is 9.37 Å². The average Bonchev–Trinajstić information content (AvgIpc) is 3.27. The number of carbonyl (C=O) groups excluding carboxylic acids is 1. The second-order valence-corrected chi connectivity index (χ2v) is 6.76. The molecular formula is C20H17FN4O3. The standard InChI is InChI=1S/C20H17FN4O3/c1-24-9-8-22-20(24)19(26)13-4-7-17(18(10-13)25(27)28)23-16-6-3-12-2-5-14(21)11-15(12)16/h2,4-5,7-11,16,23H,3,6H2,1H3. The lowest BCUT2D eigenvalue weighted by Gasteiger charge is -2.16. The van der Waals surface area contributed by atoms with Gasteiger partial charge in [0.2, 0.25) is 5.78 Å². The van der Waals surface area contributed by atoms with Crippen LogP contribution in [0.2, 0.25) is 0 Å². The summed E-state index contributed by atoms with van der Waals surface area (Å²) in [5.74, 6) is -0.524. The fraction of sp³-hybridized carbons (Fsp3) is 0.200.